The van der Waals surface area contributed by atoms with Gasteiger partial charge in [-0.05, 0) is 104 Å². The minimum Gasteiger partial charge on any atom is -0.456 e. The number of benzene rings is 10. The van der Waals surface area contributed by atoms with E-state index in [0.717, 1.165) is 61.8 Å². The third-order valence-electron chi connectivity index (χ3n) is 11.5. The van der Waals surface area contributed by atoms with E-state index in [-0.39, 0.29) is 0 Å². The van der Waals surface area contributed by atoms with Crippen molar-refractivity contribution < 1.29 is 4.74 Å². The van der Waals surface area contributed by atoms with Crippen molar-refractivity contribution >= 4 is 38.6 Å². The Morgan fingerprint density at radius 3 is 1.59 bits per heavy atom. The van der Waals surface area contributed by atoms with E-state index < -0.39 is 0 Å². The zero-order valence-electron chi connectivity index (χ0n) is 31.7. The normalized spacial score (nSPS) is 11.6. The zero-order valence-corrected chi connectivity index (χ0v) is 31.7. The number of nitrogens with zero attached hydrogens (tertiary/aromatic N) is 1. The van der Waals surface area contributed by atoms with Gasteiger partial charge in [0.15, 0.2) is 0 Å². The summed E-state index contributed by atoms with van der Waals surface area (Å²) in [5, 5.41) is 4.82. The van der Waals surface area contributed by atoms with Gasteiger partial charge in [0.05, 0.1) is 11.4 Å². The van der Waals surface area contributed by atoms with E-state index in [2.05, 4.69) is 229 Å². The molecule has 1 aliphatic rings. The van der Waals surface area contributed by atoms with Gasteiger partial charge >= 0.3 is 0 Å². The van der Waals surface area contributed by atoms with Gasteiger partial charge in [-0.2, -0.15) is 0 Å². The summed E-state index contributed by atoms with van der Waals surface area (Å²) in [5.41, 5.74) is 14.9. The van der Waals surface area contributed by atoms with Crippen LogP contribution in [0, 0.1) is 0 Å². The molecular weight excluding hydrogens is 703 g/mol. The van der Waals surface area contributed by atoms with Crippen molar-refractivity contribution in [3.8, 4) is 67.1 Å². The minimum atomic E-state index is 0.873. The van der Waals surface area contributed by atoms with Gasteiger partial charge in [0.2, 0.25) is 0 Å². The Balaban J connectivity index is 1.07. The van der Waals surface area contributed by atoms with Gasteiger partial charge in [0.25, 0.3) is 0 Å². The van der Waals surface area contributed by atoms with E-state index in [4.69, 9.17) is 4.74 Å². The molecule has 272 valence electrons. The van der Waals surface area contributed by atoms with Crippen LogP contribution in [0.15, 0.2) is 224 Å². The largest absolute Gasteiger partial charge is 0.456 e. The number of rotatable bonds is 7. The molecule has 0 fully saturated rings. The number of ether oxygens (including phenoxy) is 1. The quantitative estimate of drug-likeness (QED) is 0.161. The van der Waals surface area contributed by atoms with Crippen molar-refractivity contribution in [3.63, 3.8) is 0 Å². The molecule has 1 heterocycles. The van der Waals surface area contributed by atoms with Gasteiger partial charge < -0.3 is 9.64 Å². The zero-order chi connectivity index (χ0) is 38.4. The monoisotopic (exact) mass is 739 g/mol. The third kappa shape index (κ3) is 5.91. The standard InChI is InChI=1S/C56H37NO/c1-2-12-38(13-3-1)40-24-27-42(28-25-40)48-18-6-8-21-52(48)57(47-33-30-41(31-34-47)45-29-26-39-14-4-5-15-44(39)36-45)53-22-9-7-19-49(53)46-32-35-54-51(37-46)50-20-10-16-43-17-11-23-55(58-54)56(43)50/h1-37H. The van der Waals surface area contributed by atoms with E-state index >= 15 is 0 Å². The van der Waals surface area contributed by atoms with Gasteiger partial charge in [0, 0.05) is 27.8 Å². The van der Waals surface area contributed by atoms with E-state index in [1.807, 2.05) is 0 Å². The molecule has 10 aromatic rings. The van der Waals surface area contributed by atoms with Gasteiger partial charge in [-0.15, -0.1) is 0 Å². The number of fused-ring (bicyclic) bond motifs is 3. The SMILES string of the molecule is c1ccc(-c2ccc(-c3ccccc3N(c3ccc(-c4ccc5ccccc5c4)cc3)c3ccccc3-c3ccc4c(c3)-c3cccc5cccc(c35)O4)cc2)cc1. The van der Waals surface area contributed by atoms with Crippen LogP contribution in [0.5, 0.6) is 11.5 Å². The summed E-state index contributed by atoms with van der Waals surface area (Å²) in [5.74, 6) is 1.78. The highest BCUT2D eigenvalue weighted by molar-refractivity contribution is 6.05. The van der Waals surface area contributed by atoms with Crippen LogP contribution >= 0.6 is 0 Å². The summed E-state index contributed by atoms with van der Waals surface area (Å²) in [7, 11) is 0. The second-order valence-corrected chi connectivity index (χ2v) is 14.9. The number of hydrogen-bond acceptors (Lipinski definition) is 2. The fourth-order valence-electron chi connectivity index (χ4n) is 8.61. The van der Waals surface area contributed by atoms with Crippen molar-refractivity contribution in [2.45, 2.75) is 0 Å². The van der Waals surface area contributed by atoms with Crippen LogP contribution in [0.25, 0.3) is 77.2 Å². The van der Waals surface area contributed by atoms with Crippen LogP contribution in [0.2, 0.25) is 0 Å². The molecule has 2 heteroatoms. The lowest BCUT2D eigenvalue weighted by Gasteiger charge is -2.30. The number of hydrogen-bond donors (Lipinski definition) is 0. The minimum absolute atomic E-state index is 0.873. The summed E-state index contributed by atoms with van der Waals surface area (Å²) in [4.78, 5) is 2.42. The Hall–Kier alpha value is -7.68. The molecule has 0 atom stereocenters. The van der Waals surface area contributed by atoms with E-state index in [1.165, 1.54) is 44.0 Å². The maximum atomic E-state index is 6.52. The number of anilines is 3. The van der Waals surface area contributed by atoms with Crippen molar-refractivity contribution in [1.82, 2.24) is 0 Å². The first-order chi connectivity index (χ1) is 28.7. The molecule has 0 saturated carbocycles. The second kappa shape index (κ2) is 14.1. The molecule has 2 nitrogen and oxygen atoms in total. The fourth-order valence-corrected chi connectivity index (χ4v) is 8.61. The molecule has 0 radical (unpaired) electrons. The molecule has 0 N–H and O–H groups in total. The Labute approximate surface area is 338 Å². The van der Waals surface area contributed by atoms with Crippen molar-refractivity contribution in [1.29, 1.82) is 0 Å². The van der Waals surface area contributed by atoms with Gasteiger partial charge in [0.1, 0.15) is 11.5 Å². The van der Waals surface area contributed by atoms with E-state index in [9.17, 15) is 0 Å². The highest BCUT2D eigenvalue weighted by atomic mass is 16.5. The lowest BCUT2D eigenvalue weighted by Crippen LogP contribution is -2.12. The highest BCUT2D eigenvalue weighted by Gasteiger charge is 2.24. The van der Waals surface area contributed by atoms with Crippen LogP contribution < -0.4 is 9.64 Å². The van der Waals surface area contributed by atoms with Crippen LogP contribution in [0.1, 0.15) is 0 Å². The Morgan fingerprint density at radius 2 is 0.810 bits per heavy atom. The molecular formula is C56H37NO. The molecule has 0 saturated heterocycles. The maximum Gasteiger partial charge on any atom is 0.135 e. The number of para-hydroxylation sites is 2. The first-order valence-corrected chi connectivity index (χ1v) is 19.8. The van der Waals surface area contributed by atoms with Crippen molar-refractivity contribution in [3.05, 3.63) is 224 Å². The predicted molar refractivity (Wildman–Crippen MR) is 243 cm³/mol. The van der Waals surface area contributed by atoms with Crippen molar-refractivity contribution in [2.24, 2.45) is 0 Å². The summed E-state index contributed by atoms with van der Waals surface area (Å²) in [6.45, 7) is 0. The highest BCUT2D eigenvalue weighted by Crippen LogP contribution is 2.50. The predicted octanol–water partition coefficient (Wildman–Crippen LogP) is 15.9. The average Bonchev–Trinajstić information content (AvgIpc) is 3.30. The van der Waals surface area contributed by atoms with Crippen LogP contribution in [0.4, 0.5) is 17.1 Å². The molecule has 0 unspecified atom stereocenters. The second-order valence-electron chi connectivity index (χ2n) is 14.9. The molecule has 0 bridgehead atoms. The third-order valence-corrected chi connectivity index (χ3v) is 11.5. The summed E-state index contributed by atoms with van der Waals surface area (Å²) < 4.78 is 6.52. The summed E-state index contributed by atoms with van der Waals surface area (Å²) >= 11 is 0. The Kier molecular flexibility index (Phi) is 8.19. The molecule has 0 aliphatic carbocycles. The molecule has 0 amide bonds. The van der Waals surface area contributed by atoms with E-state index in [0.29, 0.717) is 0 Å². The smallest absolute Gasteiger partial charge is 0.135 e. The average molecular weight is 740 g/mol. The van der Waals surface area contributed by atoms with Crippen LogP contribution in [0.3, 0.4) is 0 Å². The van der Waals surface area contributed by atoms with Gasteiger partial charge in [-0.3, -0.25) is 0 Å². The fraction of sp³-hybridized carbons (Fsp3) is 0. The lowest BCUT2D eigenvalue weighted by atomic mass is 9.91. The Morgan fingerprint density at radius 1 is 0.276 bits per heavy atom. The molecule has 0 aromatic heterocycles. The summed E-state index contributed by atoms with van der Waals surface area (Å²) in [6.07, 6.45) is 0. The topological polar surface area (TPSA) is 12.5 Å². The molecule has 1 aliphatic heterocycles. The molecule has 11 rings (SSSR count). The summed E-state index contributed by atoms with van der Waals surface area (Å²) in [6, 6.07) is 80.7. The van der Waals surface area contributed by atoms with Gasteiger partial charge in [-0.1, -0.05) is 176 Å². The first-order valence-electron chi connectivity index (χ1n) is 19.8. The van der Waals surface area contributed by atoms with Gasteiger partial charge in [-0.25, -0.2) is 0 Å². The lowest BCUT2D eigenvalue weighted by molar-refractivity contribution is 0.487. The first kappa shape index (κ1) is 33.6. The molecule has 58 heavy (non-hydrogen) atoms. The molecule has 10 aromatic carbocycles. The van der Waals surface area contributed by atoms with Crippen LogP contribution in [-0.4, -0.2) is 0 Å². The Bertz CT molecular complexity index is 3120. The maximum absolute atomic E-state index is 6.52. The van der Waals surface area contributed by atoms with Crippen LogP contribution in [-0.2, 0) is 0 Å². The van der Waals surface area contributed by atoms with E-state index in [1.54, 1.807) is 0 Å². The van der Waals surface area contributed by atoms with Crippen molar-refractivity contribution in [2.75, 3.05) is 4.90 Å². The molecule has 0 spiro atoms.